The summed E-state index contributed by atoms with van der Waals surface area (Å²) in [5, 5.41) is 3.40. The molecule has 3 nitrogen and oxygen atoms in total. The summed E-state index contributed by atoms with van der Waals surface area (Å²) in [4.78, 5) is 15.1. The topological polar surface area (TPSA) is 32.3 Å². The summed E-state index contributed by atoms with van der Waals surface area (Å²) < 4.78 is 0. The summed E-state index contributed by atoms with van der Waals surface area (Å²) >= 11 is 0. The fourth-order valence-corrected chi connectivity index (χ4v) is 4.03. The number of hydrogen-bond donors (Lipinski definition) is 1. The first-order valence-corrected chi connectivity index (χ1v) is 9.37. The molecule has 0 bridgehead atoms. The summed E-state index contributed by atoms with van der Waals surface area (Å²) in [6, 6.07) is 10.9. The number of carbonyl (C=O) groups is 1. The molecule has 0 spiro atoms. The largest absolute Gasteiger partial charge is 0.335 e. The van der Waals surface area contributed by atoms with E-state index in [-0.39, 0.29) is 12.4 Å². The van der Waals surface area contributed by atoms with Gasteiger partial charge in [-0.1, -0.05) is 49.6 Å². The molecule has 1 atom stereocenters. The van der Waals surface area contributed by atoms with Crippen LogP contribution in [0.25, 0.3) is 0 Å². The highest BCUT2D eigenvalue weighted by Crippen LogP contribution is 2.26. The van der Waals surface area contributed by atoms with Crippen LogP contribution in [-0.2, 0) is 11.3 Å². The molecule has 24 heavy (non-hydrogen) atoms. The van der Waals surface area contributed by atoms with Crippen molar-refractivity contribution in [1.82, 2.24) is 10.2 Å². The third-order valence-corrected chi connectivity index (χ3v) is 5.46. The van der Waals surface area contributed by atoms with E-state index in [0.717, 1.165) is 32.5 Å². The van der Waals surface area contributed by atoms with Gasteiger partial charge in [-0.05, 0) is 50.3 Å². The van der Waals surface area contributed by atoms with E-state index in [2.05, 4.69) is 34.5 Å². The van der Waals surface area contributed by atoms with E-state index in [1.54, 1.807) is 0 Å². The number of rotatable bonds is 6. The van der Waals surface area contributed by atoms with Gasteiger partial charge in [0.2, 0.25) is 5.91 Å². The van der Waals surface area contributed by atoms with Crippen LogP contribution in [0.1, 0.15) is 56.9 Å². The minimum Gasteiger partial charge on any atom is -0.335 e. The van der Waals surface area contributed by atoms with E-state index < -0.39 is 0 Å². The Labute approximate surface area is 152 Å². The van der Waals surface area contributed by atoms with Gasteiger partial charge in [0.05, 0.1) is 0 Å². The van der Waals surface area contributed by atoms with Crippen LogP contribution in [0.2, 0.25) is 0 Å². The van der Waals surface area contributed by atoms with Crippen molar-refractivity contribution in [2.75, 3.05) is 13.1 Å². The van der Waals surface area contributed by atoms with Gasteiger partial charge in [0.25, 0.3) is 0 Å². The predicted molar refractivity (Wildman–Crippen MR) is 101 cm³/mol. The molecule has 2 aliphatic rings. The van der Waals surface area contributed by atoms with Crippen molar-refractivity contribution in [2.45, 2.75) is 64.0 Å². The Hall–Kier alpha value is -1.06. The van der Waals surface area contributed by atoms with E-state index in [9.17, 15) is 4.79 Å². The molecule has 1 saturated carbocycles. The van der Waals surface area contributed by atoms with Crippen LogP contribution in [0.4, 0.5) is 0 Å². The normalized spacial score (nSPS) is 21.2. The molecule has 1 aromatic carbocycles. The van der Waals surface area contributed by atoms with Gasteiger partial charge >= 0.3 is 0 Å². The number of nitrogens with one attached hydrogen (secondary N) is 1. The highest BCUT2D eigenvalue weighted by atomic mass is 35.5. The van der Waals surface area contributed by atoms with E-state index >= 15 is 0 Å². The molecule has 0 aromatic heterocycles. The molecule has 1 heterocycles. The molecule has 0 radical (unpaired) electrons. The second-order valence-corrected chi connectivity index (χ2v) is 7.20. The van der Waals surface area contributed by atoms with Crippen molar-refractivity contribution in [3.8, 4) is 0 Å². The molecular formula is C20H31ClN2O. The lowest BCUT2D eigenvalue weighted by Crippen LogP contribution is -2.41. The third kappa shape index (κ3) is 5.49. The molecule has 4 heteroatoms. The maximum absolute atomic E-state index is 12.9. The first-order valence-electron chi connectivity index (χ1n) is 9.37. The molecular weight excluding hydrogens is 320 g/mol. The first kappa shape index (κ1) is 19.3. The summed E-state index contributed by atoms with van der Waals surface area (Å²) in [6.07, 6.45) is 9.24. The van der Waals surface area contributed by atoms with Crippen LogP contribution < -0.4 is 5.32 Å². The van der Waals surface area contributed by atoms with Gasteiger partial charge in [0, 0.05) is 19.0 Å². The Morgan fingerprint density at radius 3 is 2.50 bits per heavy atom. The van der Waals surface area contributed by atoms with Crippen LogP contribution >= 0.6 is 12.4 Å². The standard InChI is InChI=1S/C20H30N2O.ClH/c23-20(12-11-17-13-14-21-15-17)22(19-9-5-2-6-10-19)16-18-7-3-1-4-8-18;/h1,3-4,7-8,17,19,21H,2,5-6,9-16H2;1H. The van der Waals surface area contributed by atoms with Crippen LogP contribution in [0.3, 0.4) is 0 Å². The fraction of sp³-hybridized carbons (Fsp3) is 0.650. The molecule has 1 unspecified atom stereocenters. The number of amides is 1. The van der Waals surface area contributed by atoms with Gasteiger partial charge in [-0.2, -0.15) is 0 Å². The van der Waals surface area contributed by atoms with Gasteiger partial charge < -0.3 is 10.2 Å². The van der Waals surface area contributed by atoms with Gasteiger partial charge in [-0.3, -0.25) is 4.79 Å². The smallest absolute Gasteiger partial charge is 0.223 e. The average Bonchev–Trinajstić information content (AvgIpc) is 3.13. The van der Waals surface area contributed by atoms with Gasteiger partial charge in [-0.25, -0.2) is 0 Å². The molecule has 134 valence electrons. The Bertz CT molecular complexity index is 482. The Kier molecular flexibility index (Phi) is 8.07. The molecule has 1 aliphatic heterocycles. The van der Waals surface area contributed by atoms with E-state index in [1.165, 1.54) is 44.1 Å². The first-order chi connectivity index (χ1) is 11.3. The van der Waals surface area contributed by atoms with Crippen molar-refractivity contribution < 1.29 is 4.79 Å². The number of halogens is 1. The molecule has 1 saturated heterocycles. The summed E-state index contributed by atoms with van der Waals surface area (Å²) in [7, 11) is 0. The van der Waals surface area contributed by atoms with E-state index in [4.69, 9.17) is 0 Å². The monoisotopic (exact) mass is 350 g/mol. The lowest BCUT2D eigenvalue weighted by Gasteiger charge is -2.35. The van der Waals surface area contributed by atoms with Crippen LogP contribution in [-0.4, -0.2) is 29.9 Å². The Morgan fingerprint density at radius 2 is 1.83 bits per heavy atom. The number of benzene rings is 1. The minimum absolute atomic E-state index is 0. The number of nitrogens with zero attached hydrogens (tertiary/aromatic N) is 1. The fourth-order valence-electron chi connectivity index (χ4n) is 4.03. The van der Waals surface area contributed by atoms with Gasteiger partial charge in [0.1, 0.15) is 0 Å². The van der Waals surface area contributed by atoms with Gasteiger partial charge in [0.15, 0.2) is 0 Å². The molecule has 1 aliphatic carbocycles. The van der Waals surface area contributed by atoms with Crippen LogP contribution in [0.15, 0.2) is 30.3 Å². The molecule has 2 fully saturated rings. The summed E-state index contributed by atoms with van der Waals surface area (Å²) in [6.45, 7) is 3.00. The van der Waals surface area contributed by atoms with E-state index in [1.807, 2.05) is 6.07 Å². The summed E-state index contributed by atoms with van der Waals surface area (Å²) in [5.74, 6) is 1.07. The molecule has 1 amide bonds. The lowest BCUT2D eigenvalue weighted by molar-refractivity contribution is -0.135. The molecule has 1 aromatic rings. The zero-order chi connectivity index (χ0) is 15.9. The highest BCUT2D eigenvalue weighted by molar-refractivity contribution is 5.85. The minimum atomic E-state index is 0. The quantitative estimate of drug-likeness (QED) is 0.835. The second kappa shape index (κ2) is 10.0. The Balaban J connectivity index is 0.00000208. The summed E-state index contributed by atoms with van der Waals surface area (Å²) in [5.41, 5.74) is 1.26. The van der Waals surface area contributed by atoms with Crippen molar-refractivity contribution in [3.63, 3.8) is 0 Å². The predicted octanol–water partition coefficient (Wildman–Crippen LogP) is 4.16. The zero-order valence-corrected chi connectivity index (χ0v) is 15.4. The maximum atomic E-state index is 12.9. The van der Waals surface area contributed by atoms with Crippen molar-refractivity contribution >= 4 is 18.3 Å². The highest BCUT2D eigenvalue weighted by Gasteiger charge is 2.26. The second-order valence-electron chi connectivity index (χ2n) is 7.20. The zero-order valence-electron chi connectivity index (χ0n) is 14.6. The van der Waals surface area contributed by atoms with Crippen LogP contribution in [0, 0.1) is 5.92 Å². The van der Waals surface area contributed by atoms with E-state index in [0.29, 0.717) is 17.9 Å². The maximum Gasteiger partial charge on any atom is 0.223 e. The Morgan fingerprint density at radius 1 is 1.08 bits per heavy atom. The molecule has 3 rings (SSSR count). The van der Waals surface area contributed by atoms with Crippen molar-refractivity contribution in [3.05, 3.63) is 35.9 Å². The van der Waals surface area contributed by atoms with Crippen molar-refractivity contribution in [1.29, 1.82) is 0 Å². The average molecular weight is 351 g/mol. The SMILES string of the molecule is Cl.O=C(CCC1CCNC1)N(Cc1ccccc1)C1CCCCC1. The lowest BCUT2D eigenvalue weighted by atomic mass is 9.93. The van der Waals surface area contributed by atoms with Gasteiger partial charge in [-0.15, -0.1) is 12.4 Å². The van der Waals surface area contributed by atoms with Crippen LogP contribution in [0.5, 0.6) is 0 Å². The number of carbonyl (C=O) groups excluding carboxylic acids is 1. The number of hydrogen-bond acceptors (Lipinski definition) is 2. The van der Waals surface area contributed by atoms with Crippen molar-refractivity contribution in [2.24, 2.45) is 5.92 Å². The third-order valence-electron chi connectivity index (χ3n) is 5.46. The molecule has 1 N–H and O–H groups in total.